The van der Waals surface area contributed by atoms with Gasteiger partial charge < -0.3 is 24.8 Å². The van der Waals surface area contributed by atoms with Gasteiger partial charge in [-0.2, -0.15) is 0 Å². The van der Waals surface area contributed by atoms with Crippen LogP contribution < -0.4 is 30.3 Å². The van der Waals surface area contributed by atoms with E-state index in [1.807, 2.05) is 6.07 Å². The molecule has 1 aliphatic carbocycles. The van der Waals surface area contributed by atoms with Crippen LogP contribution in [0.3, 0.4) is 0 Å². The second-order valence-electron chi connectivity index (χ2n) is 9.89. The highest BCUT2D eigenvalue weighted by Gasteiger charge is 2.36. The Labute approximate surface area is 241 Å². The molecule has 3 aromatic rings. The third kappa shape index (κ3) is 4.93. The highest BCUT2D eigenvalue weighted by Crippen LogP contribution is 2.50. The molecule has 0 bridgehead atoms. The average Bonchev–Trinajstić information content (AvgIpc) is 3.08. The first-order chi connectivity index (χ1) is 20.2. The van der Waals surface area contributed by atoms with Gasteiger partial charge in [0.2, 0.25) is 23.0 Å². The van der Waals surface area contributed by atoms with Crippen molar-refractivity contribution in [1.82, 2.24) is 10.2 Å². The Morgan fingerprint density at radius 2 is 1.55 bits per heavy atom. The van der Waals surface area contributed by atoms with Crippen LogP contribution in [0.4, 0.5) is 5.69 Å². The molecule has 1 unspecified atom stereocenters. The Morgan fingerprint density at radius 3 is 2.14 bits per heavy atom. The van der Waals surface area contributed by atoms with Gasteiger partial charge in [0, 0.05) is 12.5 Å². The lowest BCUT2D eigenvalue weighted by Crippen LogP contribution is -2.37. The molecule has 11 heteroatoms. The van der Waals surface area contributed by atoms with Gasteiger partial charge in [0.1, 0.15) is 6.54 Å². The summed E-state index contributed by atoms with van der Waals surface area (Å²) in [6.45, 7) is 0.836. The first-order valence-corrected chi connectivity index (χ1v) is 13.2. The highest BCUT2D eigenvalue weighted by molar-refractivity contribution is 6.22. The number of nitrogens with one attached hydrogen (secondary N) is 2. The van der Waals surface area contributed by atoms with Crippen molar-refractivity contribution in [3.05, 3.63) is 81.0 Å². The first kappa shape index (κ1) is 28.3. The third-order valence-corrected chi connectivity index (χ3v) is 7.37. The molecule has 0 saturated carbocycles. The fourth-order valence-electron chi connectivity index (χ4n) is 5.53. The topological polar surface area (TPSA) is 140 Å². The molecule has 1 aliphatic heterocycles. The van der Waals surface area contributed by atoms with Gasteiger partial charge in [-0.25, -0.2) is 0 Å². The summed E-state index contributed by atoms with van der Waals surface area (Å²) in [5.74, 6) is -0.913. The fourth-order valence-corrected chi connectivity index (χ4v) is 5.53. The normalized spacial score (nSPS) is 15.1. The highest BCUT2D eigenvalue weighted by atomic mass is 16.5. The number of aryl methyl sites for hydroxylation is 1. The SMILES string of the molecule is COc1cc2c(c(OC)c1OC)-c1ccc(NC(=O)CN3C(=O)c4ccccc4C3=O)c(=O)cc1C(NC(C)=O)CC2. The van der Waals surface area contributed by atoms with Crippen LogP contribution in [0.15, 0.2) is 53.3 Å². The number of amides is 4. The van der Waals surface area contributed by atoms with Crippen molar-refractivity contribution in [2.24, 2.45) is 0 Å². The molecule has 0 aromatic heterocycles. The van der Waals surface area contributed by atoms with Crippen molar-refractivity contribution in [2.75, 3.05) is 33.2 Å². The number of benzene rings is 2. The molecule has 0 fully saturated rings. The smallest absolute Gasteiger partial charge is 0.262 e. The van der Waals surface area contributed by atoms with Crippen molar-refractivity contribution in [3.8, 4) is 28.4 Å². The summed E-state index contributed by atoms with van der Waals surface area (Å²) in [5.41, 5.74) is 2.50. The lowest BCUT2D eigenvalue weighted by molar-refractivity contribution is -0.119. The number of nitrogens with zero attached hydrogens (tertiary/aromatic N) is 1. The summed E-state index contributed by atoms with van der Waals surface area (Å²) in [6.07, 6.45) is 1.01. The summed E-state index contributed by atoms with van der Waals surface area (Å²) in [6, 6.07) is 12.1. The van der Waals surface area contributed by atoms with E-state index >= 15 is 0 Å². The van der Waals surface area contributed by atoms with Gasteiger partial charge >= 0.3 is 0 Å². The zero-order chi connectivity index (χ0) is 30.1. The van der Waals surface area contributed by atoms with E-state index in [9.17, 15) is 24.0 Å². The molecule has 2 N–H and O–H groups in total. The molecular formula is C31H29N3O8. The number of ether oxygens (including phenoxy) is 3. The Hall–Kier alpha value is -5.19. The number of rotatable bonds is 7. The van der Waals surface area contributed by atoms with Crippen LogP contribution in [-0.4, -0.2) is 56.4 Å². The molecule has 4 amide bonds. The van der Waals surface area contributed by atoms with Gasteiger partial charge in [-0.15, -0.1) is 0 Å². The lowest BCUT2D eigenvalue weighted by Gasteiger charge is -2.19. The van der Waals surface area contributed by atoms with E-state index in [0.717, 1.165) is 10.5 Å². The molecule has 42 heavy (non-hydrogen) atoms. The van der Waals surface area contributed by atoms with Crippen LogP contribution in [0.2, 0.25) is 0 Å². The molecule has 1 heterocycles. The minimum Gasteiger partial charge on any atom is -0.493 e. The summed E-state index contributed by atoms with van der Waals surface area (Å²) in [7, 11) is 4.52. The van der Waals surface area contributed by atoms with Crippen LogP contribution in [0, 0.1) is 0 Å². The second-order valence-corrected chi connectivity index (χ2v) is 9.89. The van der Waals surface area contributed by atoms with E-state index in [1.54, 1.807) is 18.2 Å². The number of imide groups is 1. The Kier molecular flexibility index (Phi) is 7.66. The molecule has 0 spiro atoms. The molecule has 2 aliphatic rings. The number of carbonyl (C=O) groups is 4. The van der Waals surface area contributed by atoms with Gasteiger partial charge in [-0.05, 0) is 59.9 Å². The summed E-state index contributed by atoms with van der Waals surface area (Å²) >= 11 is 0. The Bertz CT molecular complexity index is 1670. The first-order valence-electron chi connectivity index (χ1n) is 13.2. The Morgan fingerprint density at radius 1 is 0.881 bits per heavy atom. The Balaban J connectivity index is 1.56. The zero-order valence-corrected chi connectivity index (χ0v) is 23.5. The van der Waals surface area contributed by atoms with Crippen molar-refractivity contribution < 1.29 is 33.4 Å². The van der Waals surface area contributed by atoms with Crippen LogP contribution in [0.25, 0.3) is 11.1 Å². The molecule has 5 rings (SSSR count). The van der Waals surface area contributed by atoms with Gasteiger partial charge in [-0.1, -0.05) is 18.2 Å². The molecule has 3 aromatic carbocycles. The number of anilines is 1. The van der Waals surface area contributed by atoms with E-state index in [2.05, 4.69) is 10.6 Å². The lowest BCUT2D eigenvalue weighted by atomic mass is 9.95. The van der Waals surface area contributed by atoms with E-state index in [0.29, 0.717) is 46.8 Å². The van der Waals surface area contributed by atoms with E-state index in [-0.39, 0.29) is 22.7 Å². The predicted octanol–water partition coefficient (Wildman–Crippen LogP) is 3.10. The van der Waals surface area contributed by atoms with Crippen LogP contribution in [0.1, 0.15) is 51.2 Å². The predicted molar refractivity (Wildman–Crippen MR) is 153 cm³/mol. The van der Waals surface area contributed by atoms with Crippen molar-refractivity contribution in [2.45, 2.75) is 25.8 Å². The van der Waals surface area contributed by atoms with Crippen molar-refractivity contribution in [3.63, 3.8) is 0 Å². The number of carbonyl (C=O) groups excluding carboxylic acids is 4. The van der Waals surface area contributed by atoms with Crippen LogP contribution >= 0.6 is 0 Å². The molecule has 0 saturated heterocycles. The van der Waals surface area contributed by atoms with Gasteiger partial charge in [-0.3, -0.25) is 28.9 Å². The fraction of sp³-hybridized carbons (Fsp3) is 0.258. The second kappa shape index (κ2) is 11.4. The maximum atomic E-state index is 13.5. The van der Waals surface area contributed by atoms with Crippen LogP contribution in [0.5, 0.6) is 17.2 Å². The zero-order valence-electron chi connectivity index (χ0n) is 23.5. The summed E-state index contributed by atoms with van der Waals surface area (Å²) < 4.78 is 16.9. The molecule has 11 nitrogen and oxygen atoms in total. The monoisotopic (exact) mass is 571 g/mol. The van der Waals surface area contributed by atoms with E-state index < -0.39 is 35.7 Å². The quantitative estimate of drug-likeness (QED) is 0.413. The maximum absolute atomic E-state index is 13.5. The summed E-state index contributed by atoms with van der Waals surface area (Å²) in [4.78, 5) is 64.9. The maximum Gasteiger partial charge on any atom is 0.262 e. The minimum atomic E-state index is -0.717. The van der Waals surface area contributed by atoms with Crippen molar-refractivity contribution >= 4 is 29.3 Å². The molecular weight excluding hydrogens is 542 g/mol. The third-order valence-electron chi connectivity index (χ3n) is 7.37. The van der Waals surface area contributed by atoms with Crippen LogP contribution in [-0.2, 0) is 16.0 Å². The number of hydrogen-bond donors (Lipinski definition) is 2. The number of fused-ring (bicyclic) bond motifs is 4. The molecule has 216 valence electrons. The van der Waals surface area contributed by atoms with Gasteiger partial charge in [0.05, 0.1) is 44.2 Å². The molecule has 0 radical (unpaired) electrons. The molecule has 1 atom stereocenters. The minimum absolute atomic E-state index is 0.0627. The standard InChI is InChI=1S/C31H29N3O8/c1-16(35)32-22-11-9-17-13-25(40-2)28(41-3)29(42-4)27(17)18-10-12-23(24(36)14-21(18)22)33-26(37)15-34-30(38)19-7-5-6-8-20(19)31(34)39/h5-8,10,12-14,22H,9,11,15H2,1-4H3,(H,32,35)(H,33,36,37). The number of methoxy groups -OCH3 is 3. The average molecular weight is 572 g/mol. The van der Waals surface area contributed by atoms with Crippen molar-refractivity contribution in [1.29, 1.82) is 0 Å². The number of hydrogen-bond acceptors (Lipinski definition) is 8. The van der Waals surface area contributed by atoms with E-state index in [1.165, 1.54) is 52.5 Å². The largest absolute Gasteiger partial charge is 0.493 e. The van der Waals surface area contributed by atoms with Gasteiger partial charge in [0.25, 0.3) is 11.8 Å². The van der Waals surface area contributed by atoms with E-state index in [4.69, 9.17) is 14.2 Å². The summed E-state index contributed by atoms with van der Waals surface area (Å²) in [5, 5.41) is 5.48. The van der Waals surface area contributed by atoms with Gasteiger partial charge in [0.15, 0.2) is 11.5 Å².